The minimum Gasteiger partial charge on any atom is -0.377 e. The molecule has 0 aromatic heterocycles. The van der Waals surface area contributed by atoms with Gasteiger partial charge in [-0.2, -0.15) is 0 Å². The fraction of sp³-hybridized carbons (Fsp3) is 1.00. The summed E-state index contributed by atoms with van der Waals surface area (Å²) in [4.78, 5) is 2.37. The Bertz CT molecular complexity index is 131. The first kappa shape index (κ1) is 14.9. The molecule has 15 heavy (non-hydrogen) atoms. The number of nitrogens with zero attached hydrogens (tertiary/aromatic N) is 1. The predicted octanol–water partition coefficient (Wildman–Crippen LogP) is 1.86. The molecule has 0 amide bonds. The van der Waals surface area contributed by atoms with E-state index in [9.17, 15) is 0 Å². The molecule has 0 radical (unpaired) electrons. The number of rotatable bonds is 10. The molecule has 0 heterocycles. The van der Waals surface area contributed by atoms with E-state index in [0.717, 1.165) is 19.6 Å². The summed E-state index contributed by atoms with van der Waals surface area (Å²) < 4.78 is 5.52. The van der Waals surface area contributed by atoms with Gasteiger partial charge in [-0.05, 0) is 33.4 Å². The average Bonchev–Trinajstić information content (AvgIpc) is 2.24. The van der Waals surface area contributed by atoms with Crippen molar-refractivity contribution in [3.05, 3.63) is 0 Å². The van der Waals surface area contributed by atoms with Crippen molar-refractivity contribution >= 4 is 0 Å². The monoisotopic (exact) mass is 216 g/mol. The lowest BCUT2D eigenvalue weighted by Crippen LogP contribution is -2.30. The van der Waals surface area contributed by atoms with Crippen LogP contribution < -0.4 is 5.73 Å². The van der Waals surface area contributed by atoms with Crippen LogP contribution in [0.5, 0.6) is 0 Å². The van der Waals surface area contributed by atoms with E-state index in [2.05, 4.69) is 18.9 Å². The van der Waals surface area contributed by atoms with Crippen LogP contribution in [0.3, 0.4) is 0 Å². The van der Waals surface area contributed by atoms with Gasteiger partial charge in [-0.15, -0.1) is 0 Å². The van der Waals surface area contributed by atoms with Crippen LogP contribution >= 0.6 is 0 Å². The Morgan fingerprint density at radius 2 is 1.93 bits per heavy atom. The first-order valence-corrected chi connectivity index (χ1v) is 6.24. The van der Waals surface area contributed by atoms with Crippen LogP contribution in [-0.2, 0) is 4.74 Å². The molecule has 0 aliphatic carbocycles. The molecule has 3 nitrogen and oxygen atoms in total. The predicted molar refractivity (Wildman–Crippen MR) is 66.1 cm³/mol. The van der Waals surface area contributed by atoms with E-state index in [-0.39, 0.29) is 6.10 Å². The first-order valence-electron chi connectivity index (χ1n) is 6.24. The van der Waals surface area contributed by atoms with E-state index in [0.29, 0.717) is 6.54 Å². The van der Waals surface area contributed by atoms with Crippen LogP contribution in [-0.4, -0.2) is 44.3 Å². The van der Waals surface area contributed by atoms with Crippen LogP contribution in [0.1, 0.15) is 39.5 Å². The molecule has 3 heteroatoms. The van der Waals surface area contributed by atoms with Crippen molar-refractivity contribution in [3.8, 4) is 0 Å². The molecule has 0 spiro atoms. The van der Waals surface area contributed by atoms with Gasteiger partial charge in [0, 0.05) is 19.7 Å². The number of nitrogens with two attached hydrogens (primary N) is 1. The van der Waals surface area contributed by atoms with Crippen molar-refractivity contribution in [2.24, 2.45) is 5.73 Å². The zero-order chi connectivity index (χ0) is 11.5. The largest absolute Gasteiger partial charge is 0.377 e. The van der Waals surface area contributed by atoms with Crippen LogP contribution in [0.4, 0.5) is 0 Å². The summed E-state index contributed by atoms with van der Waals surface area (Å²) in [5.41, 5.74) is 5.62. The number of unbranched alkanes of at least 4 members (excludes halogenated alkanes) is 2. The van der Waals surface area contributed by atoms with Gasteiger partial charge in [0.25, 0.3) is 0 Å². The second-order valence-electron chi connectivity index (χ2n) is 4.11. The van der Waals surface area contributed by atoms with Gasteiger partial charge in [0.2, 0.25) is 0 Å². The third kappa shape index (κ3) is 8.85. The Hall–Kier alpha value is -0.120. The Labute approximate surface area is 95.0 Å². The fourth-order valence-corrected chi connectivity index (χ4v) is 1.61. The lowest BCUT2D eigenvalue weighted by atomic mass is 10.2. The van der Waals surface area contributed by atoms with E-state index in [1.165, 1.54) is 25.8 Å². The summed E-state index contributed by atoms with van der Waals surface area (Å²) in [5.74, 6) is 0. The fourth-order valence-electron chi connectivity index (χ4n) is 1.61. The Kier molecular flexibility index (Phi) is 10.3. The molecule has 1 unspecified atom stereocenters. The lowest BCUT2D eigenvalue weighted by Gasteiger charge is -2.20. The van der Waals surface area contributed by atoms with E-state index in [1.807, 2.05) is 6.92 Å². The second kappa shape index (κ2) is 10.4. The van der Waals surface area contributed by atoms with E-state index < -0.39 is 0 Å². The van der Waals surface area contributed by atoms with Gasteiger partial charge in [0.1, 0.15) is 0 Å². The Morgan fingerprint density at radius 1 is 1.20 bits per heavy atom. The highest BCUT2D eigenvalue weighted by atomic mass is 16.5. The summed E-state index contributed by atoms with van der Waals surface area (Å²) in [7, 11) is 2.18. The van der Waals surface area contributed by atoms with Gasteiger partial charge in [0.15, 0.2) is 0 Å². The molecule has 0 fully saturated rings. The van der Waals surface area contributed by atoms with Crippen molar-refractivity contribution < 1.29 is 4.74 Å². The van der Waals surface area contributed by atoms with Crippen molar-refractivity contribution in [1.29, 1.82) is 0 Å². The average molecular weight is 216 g/mol. The summed E-state index contributed by atoms with van der Waals surface area (Å²) in [6, 6.07) is 0. The van der Waals surface area contributed by atoms with E-state index in [4.69, 9.17) is 10.5 Å². The number of ether oxygens (including phenoxy) is 1. The van der Waals surface area contributed by atoms with Gasteiger partial charge in [-0.3, -0.25) is 0 Å². The molecular weight excluding hydrogens is 188 g/mol. The highest BCUT2D eigenvalue weighted by Crippen LogP contribution is 2.01. The minimum absolute atomic E-state index is 0.239. The molecule has 0 saturated heterocycles. The van der Waals surface area contributed by atoms with Gasteiger partial charge in [-0.25, -0.2) is 0 Å². The molecule has 0 bridgehead atoms. The van der Waals surface area contributed by atoms with Crippen molar-refractivity contribution in [3.63, 3.8) is 0 Å². The molecule has 0 aliphatic heterocycles. The Balaban J connectivity index is 3.45. The van der Waals surface area contributed by atoms with E-state index >= 15 is 0 Å². The van der Waals surface area contributed by atoms with Gasteiger partial charge in [0.05, 0.1) is 6.10 Å². The van der Waals surface area contributed by atoms with E-state index in [1.54, 1.807) is 0 Å². The van der Waals surface area contributed by atoms with Gasteiger partial charge >= 0.3 is 0 Å². The summed E-state index contributed by atoms with van der Waals surface area (Å²) in [6.45, 7) is 7.94. The van der Waals surface area contributed by atoms with Crippen LogP contribution in [0.2, 0.25) is 0 Å². The molecule has 0 rings (SSSR count). The van der Waals surface area contributed by atoms with Crippen molar-refractivity contribution in [2.75, 3.05) is 33.3 Å². The molecule has 0 aromatic carbocycles. The quantitative estimate of drug-likeness (QED) is 0.567. The molecule has 0 aromatic rings. The highest BCUT2D eigenvalue weighted by molar-refractivity contribution is 4.62. The highest BCUT2D eigenvalue weighted by Gasteiger charge is 2.07. The molecular formula is C12H28N2O. The lowest BCUT2D eigenvalue weighted by molar-refractivity contribution is 0.0563. The standard InChI is InChI=1S/C12H28N2O/c1-4-6-7-9-14(3)10-8-12(11-13)15-5-2/h12H,4-11,13H2,1-3H3. The third-order valence-corrected chi connectivity index (χ3v) is 2.64. The normalized spacial score (nSPS) is 13.4. The second-order valence-corrected chi connectivity index (χ2v) is 4.11. The summed E-state index contributed by atoms with van der Waals surface area (Å²) in [6.07, 6.45) is 5.21. The molecule has 0 saturated carbocycles. The summed E-state index contributed by atoms with van der Waals surface area (Å²) in [5, 5.41) is 0. The Morgan fingerprint density at radius 3 is 2.47 bits per heavy atom. The first-order chi connectivity index (χ1) is 7.24. The van der Waals surface area contributed by atoms with Crippen molar-refractivity contribution in [2.45, 2.75) is 45.6 Å². The zero-order valence-electron chi connectivity index (χ0n) is 10.7. The molecule has 0 aliphatic rings. The molecule has 92 valence electrons. The minimum atomic E-state index is 0.239. The SMILES string of the molecule is CCCCCN(C)CCC(CN)OCC. The van der Waals surface area contributed by atoms with Crippen LogP contribution in [0, 0.1) is 0 Å². The topological polar surface area (TPSA) is 38.5 Å². The summed E-state index contributed by atoms with van der Waals surface area (Å²) >= 11 is 0. The van der Waals surface area contributed by atoms with Gasteiger partial charge < -0.3 is 15.4 Å². The zero-order valence-corrected chi connectivity index (χ0v) is 10.7. The maximum atomic E-state index is 5.62. The van der Waals surface area contributed by atoms with Crippen LogP contribution in [0.25, 0.3) is 0 Å². The number of hydrogen-bond acceptors (Lipinski definition) is 3. The molecule has 2 N–H and O–H groups in total. The smallest absolute Gasteiger partial charge is 0.0709 e. The maximum Gasteiger partial charge on any atom is 0.0709 e. The van der Waals surface area contributed by atoms with Crippen LogP contribution in [0.15, 0.2) is 0 Å². The molecule has 1 atom stereocenters. The maximum absolute atomic E-state index is 5.62. The van der Waals surface area contributed by atoms with Gasteiger partial charge in [-0.1, -0.05) is 19.8 Å². The van der Waals surface area contributed by atoms with Crippen molar-refractivity contribution in [1.82, 2.24) is 4.90 Å². The third-order valence-electron chi connectivity index (χ3n) is 2.64. The number of hydrogen-bond donors (Lipinski definition) is 1.